The van der Waals surface area contributed by atoms with Crippen LogP contribution in [-0.2, 0) is 9.53 Å². The highest BCUT2D eigenvalue weighted by Gasteiger charge is 2.15. The molecular formula is C11H9Cl2NO4. The summed E-state index contributed by atoms with van der Waals surface area (Å²) in [7, 11) is 0. The van der Waals surface area contributed by atoms with Crippen LogP contribution in [0.15, 0.2) is 18.2 Å². The number of ether oxygens (including phenoxy) is 1. The third-order valence-corrected chi connectivity index (χ3v) is 2.67. The Morgan fingerprint density at radius 3 is 2.61 bits per heavy atom. The Bertz CT molecular complexity index is 514. The first kappa shape index (κ1) is 14.5. The van der Waals surface area contributed by atoms with E-state index in [4.69, 9.17) is 23.2 Å². The Hall–Kier alpha value is -1.59. The largest absolute Gasteiger partial charge is 0.463 e. The summed E-state index contributed by atoms with van der Waals surface area (Å²) in [5.41, 5.74) is -0.0487. The zero-order valence-electron chi connectivity index (χ0n) is 9.35. The second-order valence-corrected chi connectivity index (χ2v) is 3.98. The van der Waals surface area contributed by atoms with Crippen LogP contribution in [-0.4, -0.2) is 17.5 Å². The van der Waals surface area contributed by atoms with E-state index in [1.54, 1.807) is 6.92 Å². The highest BCUT2D eigenvalue weighted by Crippen LogP contribution is 2.31. The normalized spacial score (nSPS) is 10.6. The van der Waals surface area contributed by atoms with E-state index >= 15 is 0 Å². The molecule has 5 nitrogen and oxygen atoms in total. The van der Waals surface area contributed by atoms with Gasteiger partial charge in [0, 0.05) is 12.1 Å². The molecule has 0 amide bonds. The summed E-state index contributed by atoms with van der Waals surface area (Å²) in [4.78, 5) is 21.3. The SMILES string of the molecule is CCOC(=O)/C=C/c1cc(Cl)c(Cl)cc1[N+](=O)[O-]. The molecule has 0 radical (unpaired) electrons. The minimum absolute atomic E-state index is 0.0802. The van der Waals surface area contributed by atoms with Crippen LogP contribution < -0.4 is 0 Å². The lowest BCUT2D eigenvalue weighted by atomic mass is 10.1. The number of hydrogen-bond donors (Lipinski definition) is 0. The third-order valence-electron chi connectivity index (χ3n) is 1.95. The summed E-state index contributed by atoms with van der Waals surface area (Å²) in [6.07, 6.45) is 2.36. The van der Waals surface area contributed by atoms with Gasteiger partial charge in [-0.25, -0.2) is 4.79 Å². The maximum absolute atomic E-state index is 11.1. The fourth-order valence-corrected chi connectivity index (χ4v) is 1.52. The molecule has 0 unspecified atom stereocenters. The van der Waals surface area contributed by atoms with Crippen molar-refractivity contribution in [1.29, 1.82) is 0 Å². The van der Waals surface area contributed by atoms with Gasteiger partial charge in [-0.2, -0.15) is 0 Å². The summed E-state index contributed by atoms with van der Waals surface area (Å²) in [5.74, 6) is -0.585. The van der Waals surface area contributed by atoms with Crippen molar-refractivity contribution in [2.24, 2.45) is 0 Å². The molecule has 0 spiro atoms. The Morgan fingerprint density at radius 2 is 2.06 bits per heavy atom. The van der Waals surface area contributed by atoms with Gasteiger partial charge in [-0.15, -0.1) is 0 Å². The Balaban J connectivity index is 3.11. The van der Waals surface area contributed by atoms with Gasteiger partial charge in [0.1, 0.15) is 0 Å². The van der Waals surface area contributed by atoms with Gasteiger partial charge in [0.05, 0.1) is 27.1 Å². The van der Waals surface area contributed by atoms with Crippen LogP contribution in [0.4, 0.5) is 5.69 Å². The zero-order chi connectivity index (χ0) is 13.7. The third kappa shape index (κ3) is 3.72. The molecule has 0 aliphatic rings. The molecule has 18 heavy (non-hydrogen) atoms. The average Bonchev–Trinajstić information content (AvgIpc) is 2.30. The summed E-state index contributed by atoms with van der Waals surface area (Å²) in [6.45, 7) is 1.89. The van der Waals surface area contributed by atoms with Crippen molar-refractivity contribution in [2.45, 2.75) is 6.92 Å². The van der Waals surface area contributed by atoms with Crippen molar-refractivity contribution in [3.63, 3.8) is 0 Å². The number of nitro groups is 1. The fourth-order valence-electron chi connectivity index (χ4n) is 1.19. The lowest BCUT2D eigenvalue weighted by molar-refractivity contribution is -0.385. The zero-order valence-corrected chi connectivity index (χ0v) is 10.9. The van der Waals surface area contributed by atoms with E-state index in [0.29, 0.717) is 0 Å². The molecule has 96 valence electrons. The molecule has 0 N–H and O–H groups in total. The van der Waals surface area contributed by atoms with E-state index < -0.39 is 10.9 Å². The topological polar surface area (TPSA) is 69.4 Å². The maximum atomic E-state index is 11.1. The maximum Gasteiger partial charge on any atom is 0.330 e. The van der Waals surface area contributed by atoms with Gasteiger partial charge in [0.2, 0.25) is 0 Å². The summed E-state index contributed by atoms with van der Waals surface area (Å²) < 4.78 is 4.66. The van der Waals surface area contributed by atoms with Crippen LogP contribution in [0.1, 0.15) is 12.5 Å². The Morgan fingerprint density at radius 1 is 1.44 bits per heavy atom. The Kier molecular flexibility index (Phi) is 5.12. The van der Waals surface area contributed by atoms with Crippen molar-refractivity contribution in [3.8, 4) is 0 Å². The summed E-state index contributed by atoms with van der Waals surface area (Å²) in [5, 5.41) is 11.1. The van der Waals surface area contributed by atoms with Crippen molar-refractivity contribution in [3.05, 3.63) is 43.9 Å². The number of nitro benzene ring substituents is 1. The molecule has 1 aromatic carbocycles. The van der Waals surface area contributed by atoms with Crippen molar-refractivity contribution >= 4 is 40.9 Å². The molecule has 0 saturated heterocycles. The lowest BCUT2D eigenvalue weighted by Gasteiger charge is -2.01. The predicted octanol–water partition coefficient (Wildman–Crippen LogP) is 3.48. The van der Waals surface area contributed by atoms with Gasteiger partial charge in [-0.1, -0.05) is 23.2 Å². The van der Waals surface area contributed by atoms with Crippen LogP contribution in [0.3, 0.4) is 0 Å². The van der Waals surface area contributed by atoms with Gasteiger partial charge in [-0.3, -0.25) is 10.1 Å². The van der Waals surface area contributed by atoms with Crippen molar-refractivity contribution < 1.29 is 14.5 Å². The van der Waals surface area contributed by atoms with E-state index in [-0.39, 0.29) is 27.9 Å². The van der Waals surface area contributed by atoms with Crippen LogP contribution >= 0.6 is 23.2 Å². The second-order valence-electron chi connectivity index (χ2n) is 3.17. The summed E-state index contributed by atoms with van der Waals surface area (Å²) >= 11 is 11.5. The average molecular weight is 290 g/mol. The monoisotopic (exact) mass is 289 g/mol. The lowest BCUT2D eigenvalue weighted by Crippen LogP contribution is -1.99. The van der Waals surface area contributed by atoms with Gasteiger partial charge in [-0.05, 0) is 19.1 Å². The molecule has 0 heterocycles. The molecular weight excluding hydrogens is 281 g/mol. The van der Waals surface area contributed by atoms with E-state index in [2.05, 4.69) is 4.74 Å². The first-order valence-corrected chi connectivity index (χ1v) is 5.69. The first-order chi connectivity index (χ1) is 8.45. The molecule has 0 aliphatic heterocycles. The van der Waals surface area contributed by atoms with Gasteiger partial charge >= 0.3 is 5.97 Å². The van der Waals surface area contributed by atoms with Gasteiger partial charge in [0.25, 0.3) is 5.69 Å². The number of carbonyl (C=O) groups is 1. The molecule has 0 atom stereocenters. The number of hydrogen-bond acceptors (Lipinski definition) is 4. The molecule has 0 bridgehead atoms. The molecule has 7 heteroatoms. The van der Waals surface area contributed by atoms with Crippen LogP contribution in [0.2, 0.25) is 10.0 Å². The number of rotatable bonds is 4. The van der Waals surface area contributed by atoms with Crippen LogP contribution in [0, 0.1) is 10.1 Å². The van der Waals surface area contributed by atoms with Crippen molar-refractivity contribution in [1.82, 2.24) is 0 Å². The first-order valence-electron chi connectivity index (χ1n) is 4.94. The number of nitrogens with zero attached hydrogens (tertiary/aromatic N) is 1. The van der Waals surface area contributed by atoms with E-state index in [9.17, 15) is 14.9 Å². The molecule has 0 saturated carbocycles. The number of benzene rings is 1. The highest BCUT2D eigenvalue weighted by atomic mass is 35.5. The molecule has 0 aromatic heterocycles. The van der Waals surface area contributed by atoms with Crippen LogP contribution in [0.25, 0.3) is 6.08 Å². The standard InChI is InChI=1S/C11H9Cl2NO4/c1-2-18-11(15)4-3-7-5-8(12)9(13)6-10(7)14(16)17/h3-6H,2H2,1H3/b4-3+. The number of halogens is 2. The van der Waals surface area contributed by atoms with Gasteiger partial charge < -0.3 is 4.74 Å². The number of carbonyl (C=O) groups excluding carboxylic acids is 1. The van der Waals surface area contributed by atoms with E-state index in [1.807, 2.05) is 0 Å². The highest BCUT2D eigenvalue weighted by molar-refractivity contribution is 6.42. The van der Waals surface area contributed by atoms with E-state index in [0.717, 1.165) is 12.1 Å². The fraction of sp³-hybridized carbons (Fsp3) is 0.182. The molecule has 0 fully saturated rings. The quantitative estimate of drug-likeness (QED) is 0.368. The molecule has 1 aromatic rings. The summed E-state index contributed by atoms with van der Waals surface area (Å²) in [6, 6.07) is 2.45. The smallest absolute Gasteiger partial charge is 0.330 e. The van der Waals surface area contributed by atoms with Crippen LogP contribution in [0.5, 0.6) is 0 Å². The van der Waals surface area contributed by atoms with Crippen molar-refractivity contribution in [2.75, 3.05) is 6.61 Å². The number of esters is 1. The predicted molar refractivity (Wildman–Crippen MR) is 68.8 cm³/mol. The van der Waals surface area contributed by atoms with E-state index in [1.165, 1.54) is 12.1 Å². The molecule has 0 aliphatic carbocycles. The minimum Gasteiger partial charge on any atom is -0.463 e. The Labute approximate surface area is 113 Å². The second kappa shape index (κ2) is 6.37. The van der Waals surface area contributed by atoms with Gasteiger partial charge in [0.15, 0.2) is 0 Å². The minimum atomic E-state index is -0.604. The molecule has 1 rings (SSSR count).